The number of rotatable bonds is 3. The van der Waals surface area contributed by atoms with Crippen molar-refractivity contribution in [2.75, 3.05) is 0 Å². The van der Waals surface area contributed by atoms with Gasteiger partial charge in [0.2, 0.25) is 0 Å². The molecule has 20 heavy (non-hydrogen) atoms. The summed E-state index contributed by atoms with van der Waals surface area (Å²) in [7, 11) is 0. The van der Waals surface area contributed by atoms with Crippen LogP contribution in [0.3, 0.4) is 0 Å². The van der Waals surface area contributed by atoms with Crippen LogP contribution in [0.4, 0.5) is 0 Å². The first-order valence-electron chi connectivity index (χ1n) is 7.45. The van der Waals surface area contributed by atoms with Crippen LogP contribution in [0.1, 0.15) is 37.9 Å². The molecule has 1 aliphatic carbocycles. The van der Waals surface area contributed by atoms with Gasteiger partial charge in [-0.1, -0.05) is 43.4 Å². The van der Waals surface area contributed by atoms with Crippen molar-refractivity contribution in [1.82, 2.24) is 4.57 Å². The highest BCUT2D eigenvalue weighted by Gasteiger charge is 2.17. The maximum atomic E-state index is 2.39. The molecule has 1 aromatic heterocycles. The first-order valence-corrected chi connectivity index (χ1v) is 7.45. The van der Waals surface area contributed by atoms with Crippen molar-refractivity contribution in [3.63, 3.8) is 0 Å². The normalized spacial score (nSPS) is 15.2. The first kappa shape index (κ1) is 13.0. The van der Waals surface area contributed by atoms with Gasteiger partial charge in [0.25, 0.3) is 0 Å². The fourth-order valence-electron chi connectivity index (χ4n) is 2.98. The van der Waals surface area contributed by atoms with E-state index in [4.69, 9.17) is 0 Å². The van der Waals surface area contributed by atoms with Crippen molar-refractivity contribution >= 4 is 22.7 Å². The molecule has 102 valence electrons. The summed E-state index contributed by atoms with van der Waals surface area (Å²) in [4.78, 5) is 0. The first-order chi connectivity index (χ1) is 9.83. The number of para-hydroxylation sites is 1. The molecule has 0 unspecified atom stereocenters. The van der Waals surface area contributed by atoms with E-state index in [2.05, 4.69) is 73.1 Å². The van der Waals surface area contributed by atoms with Gasteiger partial charge in [0.1, 0.15) is 0 Å². The summed E-state index contributed by atoms with van der Waals surface area (Å²) in [5, 5.41) is 1.40. The summed E-state index contributed by atoms with van der Waals surface area (Å²) >= 11 is 0. The zero-order valence-corrected chi connectivity index (χ0v) is 12.3. The van der Waals surface area contributed by atoms with Gasteiger partial charge in [-0.2, -0.15) is 0 Å². The molecule has 0 saturated carbocycles. The smallest absolute Gasteiger partial charge is 0.0534 e. The van der Waals surface area contributed by atoms with E-state index in [9.17, 15) is 0 Å². The molecule has 0 fully saturated rings. The van der Waals surface area contributed by atoms with Crippen LogP contribution in [-0.4, -0.2) is 4.57 Å². The van der Waals surface area contributed by atoms with Crippen molar-refractivity contribution in [3.05, 3.63) is 59.8 Å². The summed E-state index contributed by atoms with van der Waals surface area (Å²) in [6.07, 6.45) is 14.5. The Bertz CT molecular complexity index is 711. The minimum Gasteiger partial charge on any atom is -0.314 e. The van der Waals surface area contributed by atoms with E-state index in [0.29, 0.717) is 0 Å². The van der Waals surface area contributed by atoms with Crippen LogP contribution in [0.5, 0.6) is 0 Å². The van der Waals surface area contributed by atoms with Crippen molar-refractivity contribution < 1.29 is 0 Å². The lowest BCUT2D eigenvalue weighted by Crippen LogP contribution is -1.99. The standard InChI is InChI=1S/C19H21N/c1-3-4-5-10-15(2)20-18-13-8-6-11-16(18)17-12-7-9-14-19(17)20/h4-6,8-11,13-14H,3,7,12H2,1-2H3. The molecule has 0 bridgehead atoms. The summed E-state index contributed by atoms with van der Waals surface area (Å²) in [6, 6.07) is 8.74. The Morgan fingerprint density at radius 3 is 3.00 bits per heavy atom. The molecule has 1 aliphatic rings. The molecule has 0 aliphatic heterocycles. The van der Waals surface area contributed by atoms with Crippen LogP contribution >= 0.6 is 0 Å². The molecule has 2 aromatic rings. The lowest BCUT2D eigenvalue weighted by molar-refractivity contribution is 0.971. The maximum absolute atomic E-state index is 2.39. The van der Waals surface area contributed by atoms with Gasteiger partial charge < -0.3 is 4.57 Å². The Hall–Kier alpha value is -2.02. The predicted octanol–water partition coefficient (Wildman–Crippen LogP) is 5.43. The van der Waals surface area contributed by atoms with E-state index in [0.717, 1.165) is 19.3 Å². The molecule has 0 N–H and O–H groups in total. The van der Waals surface area contributed by atoms with E-state index in [1.165, 1.54) is 27.9 Å². The van der Waals surface area contributed by atoms with Gasteiger partial charge in [-0.25, -0.2) is 0 Å². The zero-order chi connectivity index (χ0) is 13.9. The second kappa shape index (κ2) is 5.54. The van der Waals surface area contributed by atoms with Crippen LogP contribution in [0.2, 0.25) is 0 Å². The van der Waals surface area contributed by atoms with Gasteiger partial charge in [-0.3, -0.25) is 0 Å². The number of fused-ring (bicyclic) bond motifs is 3. The molecule has 1 heterocycles. The summed E-state index contributed by atoms with van der Waals surface area (Å²) in [5.41, 5.74) is 5.45. The topological polar surface area (TPSA) is 4.93 Å². The van der Waals surface area contributed by atoms with Crippen LogP contribution in [0, 0.1) is 0 Å². The van der Waals surface area contributed by atoms with Crippen molar-refractivity contribution in [2.45, 2.75) is 33.1 Å². The minimum absolute atomic E-state index is 1.08. The van der Waals surface area contributed by atoms with Gasteiger partial charge in [0, 0.05) is 16.8 Å². The van der Waals surface area contributed by atoms with Crippen LogP contribution in [0.15, 0.2) is 48.6 Å². The lowest BCUT2D eigenvalue weighted by Gasteiger charge is -2.11. The summed E-state index contributed by atoms with van der Waals surface area (Å²) in [6.45, 7) is 4.35. The average Bonchev–Trinajstić information content (AvgIpc) is 2.82. The highest BCUT2D eigenvalue weighted by Crippen LogP contribution is 2.33. The average molecular weight is 263 g/mol. The molecular formula is C19H21N. The summed E-state index contributed by atoms with van der Waals surface area (Å²) in [5.74, 6) is 0. The quantitative estimate of drug-likeness (QED) is 0.651. The molecule has 0 spiro atoms. The molecule has 0 amide bonds. The van der Waals surface area contributed by atoms with Crippen LogP contribution < -0.4 is 0 Å². The third kappa shape index (κ3) is 2.14. The molecule has 0 saturated heterocycles. The van der Waals surface area contributed by atoms with Crippen LogP contribution in [-0.2, 0) is 6.42 Å². The minimum atomic E-state index is 1.08. The van der Waals surface area contributed by atoms with E-state index >= 15 is 0 Å². The Labute approximate surface area is 120 Å². The van der Waals surface area contributed by atoms with E-state index in [-0.39, 0.29) is 0 Å². The van der Waals surface area contributed by atoms with E-state index < -0.39 is 0 Å². The van der Waals surface area contributed by atoms with Gasteiger partial charge in [0.05, 0.1) is 5.52 Å². The number of nitrogens with zero attached hydrogens (tertiary/aromatic N) is 1. The van der Waals surface area contributed by atoms with Gasteiger partial charge >= 0.3 is 0 Å². The monoisotopic (exact) mass is 263 g/mol. The van der Waals surface area contributed by atoms with Crippen molar-refractivity contribution in [1.29, 1.82) is 0 Å². The summed E-state index contributed by atoms with van der Waals surface area (Å²) < 4.78 is 2.39. The molecule has 1 aromatic carbocycles. The Balaban J connectivity index is 2.22. The molecule has 1 nitrogen and oxygen atoms in total. The predicted molar refractivity (Wildman–Crippen MR) is 88.7 cm³/mol. The number of hydrogen-bond acceptors (Lipinski definition) is 0. The zero-order valence-electron chi connectivity index (χ0n) is 12.3. The highest BCUT2D eigenvalue weighted by molar-refractivity contribution is 5.91. The Kier molecular flexibility index (Phi) is 3.60. The van der Waals surface area contributed by atoms with Crippen molar-refractivity contribution in [2.24, 2.45) is 0 Å². The SMILES string of the molecule is CCC=CC=C(C)n1c2c(c3ccccc31)CCC=C2. The van der Waals surface area contributed by atoms with E-state index in [1.54, 1.807) is 0 Å². The second-order valence-corrected chi connectivity index (χ2v) is 5.30. The molecule has 0 atom stereocenters. The van der Waals surface area contributed by atoms with Gasteiger partial charge in [-0.05, 0) is 50.0 Å². The Morgan fingerprint density at radius 1 is 1.30 bits per heavy atom. The third-order valence-electron chi connectivity index (χ3n) is 3.92. The fraction of sp³-hybridized carbons (Fsp3) is 0.263. The number of hydrogen-bond donors (Lipinski definition) is 0. The Morgan fingerprint density at radius 2 is 2.15 bits per heavy atom. The van der Waals surface area contributed by atoms with Gasteiger partial charge in [-0.15, -0.1) is 0 Å². The number of aromatic nitrogens is 1. The number of benzene rings is 1. The third-order valence-corrected chi connectivity index (χ3v) is 3.92. The van der Waals surface area contributed by atoms with Crippen LogP contribution in [0.25, 0.3) is 22.7 Å². The largest absolute Gasteiger partial charge is 0.314 e. The van der Waals surface area contributed by atoms with Gasteiger partial charge in [0.15, 0.2) is 0 Å². The van der Waals surface area contributed by atoms with E-state index in [1.807, 2.05) is 0 Å². The maximum Gasteiger partial charge on any atom is 0.0534 e. The molecular weight excluding hydrogens is 242 g/mol. The number of allylic oxidation sites excluding steroid dienone is 5. The van der Waals surface area contributed by atoms with Crippen molar-refractivity contribution in [3.8, 4) is 0 Å². The second-order valence-electron chi connectivity index (χ2n) is 5.30. The fourth-order valence-corrected chi connectivity index (χ4v) is 2.98. The molecule has 0 radical (unpaired) electrons. The molecule has 1 heteroatoms. The highest BCUT2D eigenvalue weighted by atomic mass is 15.0. The number of aryl methyl sites for hydroxylation is 1. The lowest BCUT2D eigenvalue weighted by atomic mass is 10.0. The molecule has 3 rings (SSSR count).